The smallest absolute Gasteiger partial charge is 0.323 e. The van der Waals surface area contributed by atoms with Crippen LogP contribution in [0.1, 0.15) is 15.9 Å². The van der Waals surface area contributed by atoms with Crippen LogP contribution in [0.5, 0.6) is 5.75 Å². The van der Waals surface area contributed by atoms with Gasteiger partial charge >= 0.3 is 5.97 Å². The third kappa shape index (κ3) is 3.56. The van der Waals surface area contributed by atoms with E-state index in [1.165, 1.54) is 18.5 Å². The second-order valence-electron chi connectivity index (χ2n) is 4.55. The molecule has 0 aliphatic carbocycles. The first-order chi connectivity index (χ1) is 9.97. The van der Waals surface area contributed by atoms with E-state index in [0.29, 0.717) is 5.69 Å². The van der Waals surface area contributed by atoms with Gasteiger partial charge in [0.25, 0.3) is 5.91 Å². The van der Waals surface area contributed by atoms with Crippen molar-refractivity contribution in [3.63, 3.8) is 0 Å². The topological polar surface area (TPSA) is 90.7 Å². The largest absolute Gasteiger partial charge is 0.506 e. The predicted octanol–water partition coefficient (Wildman–Crippen LogP) is 1.83. The Labute approximate surface area is 121 Å². The lowest BCUT2D eigenvalue weighted by atomic mass is 10.2. The quantitative estimate of drug-likeness (QED) is 0.894. The van der Waals surface area contributed by atoms with E-state index >= 15 is 0 Å². The van der Waals surface area contributed by atoms with Crippen LogP contribution in [-0.2, 0) is 4.79 Å². The first-order valence-electron chi connectivity index (χ1n) is 6.21. The Morgan fingerprint density at radius 3 is 2.43 bits per heavy atom. The molecule has 21 heavy (non-hydrogen) atoms. The highest BCUT2D eigenvalue weighted by molar-refractivity contribution is 6.08. The number of carboxylic acid groups (broad SMARTS) is 1. The van der Waals surface area contributed by atoms with Gasteiger partial charge in [-0.3, -0.25) is 19.5 Å². The summed E-state index contributed by atoms with van der Waals surface area (Å²) in [6, 6.07) is 8.17. The molecule has 2 N–H and O–H groups in total. The van der Waals surface area contributed by atoms with E-state index in [0.717, 1.165) is 10.5 Å². The van der Waals surface area contributed by atoms with Crippen molar-refractivity contribution in [3.05, 3.63) is 53.9 Å². The van der Waals surface area contributed by atoms with E-state index in [1.54, 1.807) is 24.3 Å². The number of nitrogens with zero attached hydrogens (tertiary/aromatic N) is 2. The van der Waals surface area contributed by atoms with Gasteiger partial charge in [-0.05, 0) is 25.1 Å². The average molecular weight is 286 g/mol. The van der Waals surface area contributed by atoms with Crippen LogP contribution in [0.4, 0.5) is 5.69 Å². The number of amides is 1. The van der Waals surface area contributed by atoms with Gasteiger partial charge in [0.15, 0.2) is 0 Å². The van der Waals surface area contributed by atoms with Gasteiger partial charge in [0.05, 0.1) is 11.8 Å². The third-order valence-electron chi connectivity index (χ3n) is 2.85. The van der Waals surface area contributed by atoms with Gasteiger partial charge in [-0.15, -0.1) is 0 Å². The highest BCUT2D eigenvalue weighted by atomic mass is 16.4. The molecule has 2 rings (SSSR count). The Bertz CT molecular complexity index is 668. The van der Waals surface area contributed by atoms with E-state index in [9.17, 15) is 14.7 Å². The number of aromatic hydroxyl groups is 1. The zero-order valence-electron chi connectivity index (χ0n) is 11.4. The Morgan fingerprint density at radius 1 is 1.19 bits per heavy atom. The summed E-state index contributed by atoms with van der Waals surface area (Å²) >= 11 is 0. The molecule has 0 aliphatic rings. The van der Waals surface area contributed by atoms with Gasteiger partial charge in [0.1, 0.15) is 12.3 Å². The number of anilines is 1. The van der Waals surface area contributed by atoms with Crippen LogP contribution in [0.15, 0.2) is 42.7 Å². The first-order valence-corrected chi connectivity index (χ1v) is 6.21. The molecule has 0 bridgehead atoms. The number of pyridine rings is 1. The van der Waals surface area contributed by atoms with Gasteiger partial charge < -0.3 is 10.2 Å². The molecule has 1 amide bonds. The van der Waals surface area contributed by atoms with Gasteiger partial charge in [0.2, 0.25) is 0 Å². The summed E-state index contributed by atoms with van der Waals surface area (Å²) in [5.74, 6) is -1.82. The van der Waals surface area contributed by atoms with Crippen LogP contribution >= 0.6 is 0 Å². The normalized spacial score (nSPS) is 10.1. The Balaban J connectivity index is 2.38. The molecule has 0 saturated heterocycles. The molecule has 108 valence electrons. The van der Waals surface area contributed by atoms with Gasteiger partial charge in [0, 0.05) is 11.9 Å². The second kappa shape index (κ2) is 6.04. The predicted molar refractivity (Wildman–Crippen MR) is 76.4 cm³/mol. The summed E-state index contributed by atoms with van der Waals surface area (Å²) in [7, 11) is 0. The van der Waals surface area contributed by atoms with Gasteiger partial charge in [-0.1, -0.05) is 17.7 Å². The number of aromatic nitrogens is 1. The molecule has 1 heterocycles. The van der Waals surface area contributed by atoms with Crippen molar-refractivity contribution in [2.75, 3.05) is 11.4 Å². The lowest BCUT2D eigenvalue weighted by molar-refractivity contribution is -0.135. The number of benzene rings is 1. The second-order valence-corrected chi connectivity index (χ2v) is 4.55. The summed E-state index contributed by atoms with van der Waals surface area (Å²) in [4.78, 5) is 28.3. The van der Waals surface area contributed by atoms with E-state index in [-0.39, 0.29) is 11.3 Å². The monoisotopic (exact) mass is 286 g/mol. The van der Waals surface area contributed by atoms with E-state index in [4.69, 9.17) is 5.11 Å². The molecule has 0 aliphatic heterocycles. The number of aliphatic carboxylic acids is 1. The molecule has 0 radical (unpaired) electrons. The summed E-state index contributed by atoms with van der Waals surface area (Å²) in [5, 5.41) is 18.4. The van der Waals surface area contributed by atoms with Crippen LogP contribution in [0, 0.1) is 6.92 Å². The first kappa shape index (κ1) is 14.5. The van der Waals surface area contributed by atoms with Crippen molar-refractivity contribution in [3.8, 4) is 5.75 Å². The van der Waals surface area contributed by atoms with Crippen molar-refractivity contribution in [1.29, 1.82) is 0 Å². The van der Waals surface area contributed by atoms with Crippen LogP contribution in [-0.4, -0.2) is 33.6 Å². The minimum absolute atomic E-state index is 0.122. The summed E-state index contributed by atoms with van der Waals surface area (Å²) < 4.78 is 0. The van der Waals surface area contributed by atoms with Crippen molar-refractivity contribution in [2.24, 2.45) is 0 Å². The standard InChI is InChI=1S/C15H14N2O4/c1-10-2-4-12(5-3-10)17(9-14(19)20)15(21)11-6-13(18)8-16-7-11/h2-8,18H,9H2,1H3,(H,19,20). The van der Waals surface area contributed by atoms with Crippen LogP contribution in [0.3, 0.4) is 0 Å². The number of carbonyl (C=O) groups is 2. The minimum Gasteiger partial charge on any atom is -0.506 e. The minimum atomic E-state index is -1.13. The summed E-state index contributed by atoms with van der Waals surface area (Å²) in [6.07, 6.45) is 2.48. The molecule has 0 spiro atoms. The average Bonchev–Trinajstić information content (AvgIpc) is 2.45. The lowest BCUT2D eigenvalue weighted by Gasteiger charge is -2.21. The van der Waals surface area contributed by atoms with Gasteiger partial charge in [-0.2, -0.15) is 0 Å². The number of rotatable bonds is 4. The number of hydrogen-bond acceptors (Lipinski definition) is 4. The molecular formula is C15H14N2O4. The number of carboxylic acids is 1. The molecule has 0 saturated carbocycles. The molecule has 6 heteroatoms. The van der Waals surface area contributed by atoms with E-state index in [2.05, 4.69) is 4.98 Å². The van der Waals surface area contributed by atoms with Crippen molar-refractivity contribution in [1.82, 2.24) is 4.98 Å². The molecule has 0 fully saturated rings. The lowest BCUT2D eigenvalue weighted by Crippen LogP contribution is -2.35. The molecule has 1 aromatic carbocycles. The third-order valence-corrected chi connectivity index (χ3v) is 2.85. The fourth-order valence-corrected chi connectivity index (χ4v) is 1.84. The molecule has 6 nitrogen and oxygen atoms in total. The molecule has 0 unspecified atom stereocenters. The fourth-order valence-electron chi connectivity index (χ4n) is 1.84. The Morgan fingerprint density at radius 2 is 1.86 bits per heavy atom. The highest BCUT2D eigenvalue weighted by Gasteiger charge is 2.21. The maximum absolute atomic E-state index is 12.4. The Kier molecular flexibility index (Phi) is 4.18. The highest BCUT2D eigenvalue weighted by Crippen LogP contribution is 2.19. The zero-order chi connectivity index (χ0) is 15.4. The summed E-state index contributed by atoms with van der Waals surface area (Å²) in [6.45, 7) is 1.42. The fraction of sp³-hybridized carbons (Fsp3) is 0.133. The zero-order valence-corrected chi connectivity index (χ0v) is 11.4. The van der Waals surface area contributed by atoms with E-state index in [1.807, 2.05) is 6.92 Å². The maximum atomic E-state index is 12.4. The van der Waals surface area contributed by atoms with Crippen LogP contribution in [0.2, 0.25) is 0 Å². The maximum Gasteiger partial charge on any atom is 0.323 e. The molecule has 0 atom stereocenters. The van der Waals surface area contributed by atoms with E-state index < -0.39 is 18.4 Å². The van der Waals surface area contributed by atoms with Crippen molar-refractivity contribution < 1.29 is 19.8 Å². The molecule has 1 aromatic heterocycles. The van der Waals surface area contributed by atoms with Gasteiger partial charge in [-0.25, -0.2) is 0 Å². The summed E-state index contributed by atoms with van der Waals surface area (Å²) in [5.41, 5.74) is 1.59. The Hall–Kier alpha value is -2.89. The van der Waals surface area contributed by atoms with Crippen LogP contribution < -0.4 is 4.90 Å². The number of aryl methyl sites for hydroxylation is 1. The number of carbonyl (C=O) groups excluding carboxylic acids is 1. The van der Waals surface area contributed by atoms with Crippen LogP contribution in [0.25, 0.3) is 0 Å². The van der Waals surface area contributed by atoms with Crippen molar-refractivity contribution >= 4 is 17.6 Å². The SMILES string of the molecule is Cc1ccc(N(CC(=O)O)C(=O)c2cncc(O)c2)cc1. The van der Waals surface area contributed by atoms with Crippen molar-refractivity contribution in [2.45, 2.75) is 6.92 Å². The molecule has 2 aromatic rings. The number of hydrogen-bond donors (Lipinski definition) is 2. The molecular weight excluding hydrogens is 272 g/mol.